The van der Waals surface area contributed by atoms with Crippen molar-refractivity contribution in [2.75, 3.05) is 6.54 Å². The van der Waals surface area contributed by atoms with Crippen LogP contribution in [0.15, 0.2) is 17.0 Å². The van der Waals surface area contributed by atoms with E-state index in [0.29, 0.717) is 4.91 Å². The molecule has 1 atom stereocenters. The topological polar surface area (TPSA) is 66.8 Å². The standard InChI is InChI=1S/C16H15NO4S2/c1-8-3-10(5-11-4-9(2)21-14(8)11)6-12-15(20)17(7-13(18)19)16(22)23-12/h3,5-6,9H,4,7H2,1-2H3,(H,18,19)/b12-6-/t9-/m1/s1. The van der Waals surface area contributed by atoms with Crippen LogP contribution < -0.4 is 4.74 Å². The van der Waals surface area contributed by atoms with Gasteiger partial charge in [0.1, 0.15) is 22.7 Å². The Labute approximate surface area is 143 Å². The summed E-state index contributed by atoms with van der Waals surface area (Å²) in [5.41, 5.74) is 3.05. The molecule has 2 aliphatic heterocycles. The van der Waals surface area contributed by atoms with E-state index in [4.69, 9.17) is 22.1 Å². The van der Waals surface area contributed by atoms with Crippen molar-refractivity contribution in [3.05, 3.63) is 33.7 Å². The fourth-order valence-electron chi connectivity index (χ4n) is 2.76. The summed E-state index contributed by atoms with van der Waals surface area (Å²) in [5, 5.41) is 8.86. The number of carbonyl (C=O) groups excluding carboxylic acids is 1. The Balaban J connectivity index is 1.90. The monoisotopic (exact) mass is 349 g/mol. The van der Waals surface area contributed by atoms with E-state index < -0.39 is 12.5 Å². The summed E-state index contributed by atoms with van der Waals surface area (Å²) in [7, 11) is 0. The molecule has 3 rings (SSSR count). The number of rotatable bonds is 3. The number of hydrogen-bond donors (Lipinski definition) is 1. The number of thiocarbonyl (C=S) groups is 1. The second-order valence-electron chi connectivity index (χ2n) is 5.62. The highest BCUT2D eigenvalue weighted by Gasteiger charge is 2.33. The second-order valence-corrected chi connectivity index (χ2v) is 7.30. The number of carboxylic acid groups (broad SMARTS) is 1. The minimum absolute atomic E-state index is 0.160. The fourth-order valence-corrected chi connectivity index (χ4v) is 4.01. The first-order valence-corrected chi connectivity index (χ1v) is 8.35. The predicted octanol–water partition coefficient (Wildman–Crippen LogP) is 2.60. The number of carbonyl (C=O) groups is 2. The summed E-state index contributed by atoms with van der Waals surface area (Å²) in [6.07, 6.45) is 2.77. The molecule has 0 spiro atoms. The average Bonchev–Trinajstić information content (AvgIpc) is 2.94. The summed E-state index contributed by atoms with van der Waals surface area (Å²) >= 11 is 6.23. The molecule has 7 heteroatoms. The molecule has 1 aromatic rings. The van der Waals surface area contributed by atoms with Gasteiger partial charge in [-0.15, -0.1) is 0 Å². The van der Waals surface area contributed by atoms with E-state index in [1.165, 1.54) is 0 Å². The maximum Gasteiger partial charge on any atom is 0.323 e. The third kappa shape index (κ3) is 3.11. The third-order valence-electron chi connectivity index (χ3n) is 3.67. The molecule has 0 bridgehead atoms. The van der Waals surface area contributed by atoms with E-state index in [2.05, 4.69) is 0 Å². The van der Waals surface area contributed by atoms with Crippen molar-refractivity contribution in [3.63, 3.8) is 0 Å². The Hall–Kier alpha value is -1.86. The number of hydrogen-bond acceptors (Lipinski definition) is 5. The first kappa shape index (κ1) is 16.0. The van der Waals surface area contributed by atoms with Gasteiger partial charge in [-0.05, 0) is 48.7 Å². The lowest BCUT2D eigenvalue weighted by Gasteiger charge is -2.10. The largest absolute Gasteiger partial charge is 0.490 e. The highest BCUT2D eigenvalue weighted by molar-refractivity contribution is 8.26. The SMILES string of the molecule is Cc1cc(/C=C2\SC(=S)N(CC(=O)O)C2=O)cc2c1O[C@H](C)C2. The van der Waals surface area contributed by atoms with Crippen LogP contribution in [-0.4, -0.2) is 38.9 Å². The summed E-state index contributed by atoms with van der Waals surface area (Å²) in [6.45, 7) is 3.59. The van der Waals surface area contributed by atoms with Gasteiger partial charge < -0.3 is 9.84 Å². The Morgan fingerprint density at radius 1 is 1.57 bits per heavy atom. The molecule has 1 aromatic carbocycles. The van der Waals surface area contributed by atoms with E-state index in [1.54, 1.807) is 6.08 Å². The van der Waals surface area contributed by atoms with Crippen molar-refractivity contribution >= 4 is 46.3 Å². The van der Waals surface area contributed by atoms with E-state index in [-0.39, 0.29) is 16.3 Å². The van der Waals surface area contributed by atoms with Crippen LogP contribution in [0.1, 0.15) is 23.6 Å². The minimum Gasteiger partial charge on any atom is -0.490 e. The lowest BCUT2D eigenvalue weighted by molar-refractivity contribution is -0.140. The van der Waals surface area contributed by atoms with Crippen molar-refractivity contribution in [3.8, 4) is 5.75 Å². The molecule has 1 amide bonds. The van der Waals surface area contributed by atoms with Gasteiger partial charge in [0.05, 0.1) is 4.91 Å². The lowest BCUT2D eigenvalue weighted by atomic mass is 10.0. The molecule has 5 nitrogen and oxygen atoms in total. The van der Waals surface area contributed by atoms with Crippen molar-refractivity contribution in [1.29, 1.82) is 0 Å². The summed E-state index contributed by atoms with van der Waals surface area (Å²) in [6, 6.07) is 3.97. The molecule has 1 N–H and O–H groups in total. The molecule has 1 saturated heterocycles. The number of fused-ring (bicyclic) bond motifs is 1. The van der Waals surface area contributed by atoms with Crippen LogP contribution in [0.5, 0.6) is 5.75 Å². The highest BCUT2D eigenvalue weighted by Crippen LogP contribution is 2.36. The van der Waals surface area contributed by atoms with E-state index >= 15 is 0 Å². The number of aryl methyl sites for hydroxylation is 1. The quantitative estimate of drug-likeness (QED) is 0.668. The molecule has 0 radical (unpaired) electrons. The Kier molecular flexibility index (Phi) is 4.16. The van der Waals surface area contributed by atoms with E-state index in [9.17, 15) is 9.59 Å². The molecular formula is C16H15NO4S2. The van der Waals surface area contributed by atoms with Gasteiger partial charge in [-0.1, -0.05) is 24.0 Å². The van der Waals surface area contributed by atoms with Crippen LogP contribution in [-0.2, 0) is 16.0 Å². The number of carboxylic acids is 1. The van der Waals surface area contributed by atoms with Crippen LogP contribution in [0.25, 0.3) is 6.08 Å². The number of thioether (sulfide) groups is 1. The number of aliphatic carboxylic acids is 1. The molecule has 0 aromatic heterocycles. The minimum atomic E-state index is -1.08. The zero-order valence-corrected chi connectivity index (χ0v) is 14.3. The number of amides is 1. The zero-order chi connectivity index (χ0) is 16.7. The van der Waals surface area contributed by atoms with Gasteiger partial charge in [0.15, 0.2) is 0 Å². The fraction of sp³-hybridized carbons (Fsp3) is 0.312. The van der Waals surface area contributed by atoms with E-state index in [0.717, 1.165) is 45.5 Å². The van der Waals surface area contributed by atoms with Gasteiger partial charge in [0, 0.05) is 6.42 Å². The molecular weight excluding hydrogens is 334 g/mol. The molecule has 23 heavy (non-hydrogen) atoms. The van der Waals surface area contributed by atoms with Gasteiger partial charge in [0.2, 0.25) is 0 Å². The van der Waals surface area contributed by atoms with Crippen molar-refractivity contribution < 1.29 is 19.4 Å². The van der Waals surface area contributed by atoms with Crippen LogP contribution >= 0.6 is 24.0 Å². The van der Waals surface area contributed by atoms with Crippen molar-refractivity contribution in [2.24, 2.45) is 0 Å². The highest BCUT2D eigenvalue weighted by atomic mass is 32.2. The van der Waals surface area contributed by atoms with Gasteiger partial charge in [-0.3, -0.25) is 14.5 Å². The molecule has 120 valence electrons. The Morgan fingerprint density at radius 3 is 3.00 bits per heavy atom. The normalized spacial score (nSPS) is 21.7. The maximum absolute atomic E-state index is 12.3. The molecule has 2 heterocycles. The first-order chi connectivity index (χ1) is 10.8. The van der Waals surface area contributed by atoms with Crippen molar-refractivity contribution in [2.45, 2.75) is 26.4 Å². The van der Waals surface area contributed by atoms with Gasteiger partial charge in [-0.25, -0.2) is 0 Å². The number of benzene rings is 1. The van der Waals surface area contributed by atoms with Crippen LogP contribution in [0.2, 0.25) is 0 Å². The molecule has 2 aliphatic rings. The molecule has 0 unspecified atom stereocenters. The second kappa shape index (κ2) is 5.98. The van der Waals surface area contributed by atoms with Gasteiger partial charge >= 0.3 is 5.97 Å². The average molecular weight is 349 g/mol. The summed E-state index contributed by atoms with van der Waals surface area (Å²) < 4.78 is 6.05. The summed E-state index contributed by atoms with van der Waals surface area (Å²) in [5.74, 6) is -0.514. The molecule has 0 aliphatic carbocycles. The lowest BCUT2D eigenvalue weighted by Crippen LogP contribution is -2.33. The van der Waals surface area contributed by atoms with Crippen LogP contribution in [0, 0.1) is 6.92 Å². The maximum atomic E-state index is 12.3. The van der Waals surface area contributed by atoms with Gasteiger partial charge in [0.25, 0.3) is 5.91 Å². The Morgan fingerprint density at radius 2 is 2.30 bits per heavy atom. The van der Waals surface area contributed by atoms with Crippen molar-refractivity contribution in [1.82, 2.24) is 4.90 Å². The summed E-state index contributed by atoms with van der Waals surface area (Å²) in [4.78, 5) is 24.7. The third-order valence-corrected chi connectivity index (χ3v) is 5.04. The van der Waals surface area contributed by atoms with Crippen LogP contribution in [0.4, 0.5) is 0 Å². The molecule has 1 fully saturated rings. The van der Waals surface area contributed by atoms with E-state index in [1.807, 2.05) is 26.0 Å². The zero-order valence-electron chi connectivity index (χ0n) is 12.7. The first-order valence-electron chi connectivity index (χ1n) is 7.12. The smallest absolute Gasteiger partial charge is 0.323 e. The predicted molar refractivity (Wildman–Crippen MR) is 92.5 cm³/mol. The number of nitrogens with zero attached hydrogens (tertiary/aromatic N) is 1. The van der Waals surface area contributed by atoms with Gasteiger partial charge in [-0.2, -0.15) is 0 Å². The molecule has 0 saturated carbocycles. The Bertz CT molecular complexity index is 757. The van der Waals surface area contributed by atoms with Crippen LogP contribution in [0.3, 0.4) is 0 Å². The number of ether oxygens (including phenoxy) is 1.